The van der Waals surface area contributed by atoms with Crippen LogP contribution in [0.25, 0.3) is 0 Å². The van der Waals surface area contributed by atoms with Gasteiger partial charge in [-0.25, -0.2) is 0 Å². The Morgan fingerprint density at radius 3 is 2.67 bits per heavy atom. The molecular weight excluding hydrogens is 283 g/mol. The number of carboxylic acids is 1. The van der Waals surface area contributed by atoms with Crippen LogP contribution in [0.5, 0.6) is 5.75 Å². The number of hydrogen-bond acceptors (Lipinski definition) is 2. The zero-order valence-electron chi connectivity index (χ0n) is 8.25. The Labute approximate surface area is 101 Å². The van der Waals surface area contributed by atoms with Gasteiger partial charge in [0.2, 0.25) is 0 Å². The molecule has 0 heterocycles. The number of ether oxygens (including phenoxy) is 1. The minimum Gasteiger partial charge on any atom is -0.495 e. The Morgan fingerprint density at radius 1 is 1.60 bits per heavy atom. The van der Waals surface area contributed by atoms with E-state index in [1.165, 1.54) is 7.11 Å². The molecule has 82 valence electrons. The van der Waals surface area contributed by atoms with Gasteiger partial charge in [-0.3, -0.25) is 4.79 Å². The van der Waals surface area contributed by atoms with E-state index in [2.05, 4.69) is 15.9 Å². The van der Waals surface area contributed by atoms with Gasteiger partial charge in [-0.05, 0) is 19.1 Å². The van der Waals surface area contributed by atoms with Gasteiger partial charge in [0.1, 0.15) is 5.75 Å². The average molecular weight is 294 g/mol. The van der Waals surface area contributed by atoms with Crippen molar-refractivity contribution in [3.05, 3.63) is 27.2 Å². The molecule has 0 radical (unpaired) electrons. The molecule has 0 bridgehead atoms. The number of carbonyl (C=O) groups is 1. The van der Waals surface area contributed by atoms with E-state index in [0.717, 1.165) is 4.47 Å². The monoisotopic (exact) mass is 292 g/mol. The molecule has 1 N–H and O–H groups in total. The Kier molecular flexibility index (Phi) is 3.99. The van der Waals surface area contributed by atoms with Crippen LogP contribution in [0.2, 0.25) is 5.02 Å². The van der Waals surface area contributed by atoms with Gasteiger partial charge in [0.15, 0.2) is 0 Å². The SMILES string of the molecule is COc1c(Cl)cc(Br)cc1C(C)C(=O)O. The maximum absolute atomic E-state index is 10.9. The maximum Gasteiger partial charge on any atom is 0.310 e. The summed E-state index contributed by atoms with van der Waals surface area (Å²) < 4.78 is 5.82. The van der Waals surface area contributed by atoms with Gasteiger partial charge < -0.3 is 9.84 Å². The third-order valence-electron chi connectivity index (χ3n) is 2.08. The number of benzene rings is 1. The highest BCUT2D eigenvalue weighted by atomic mass is 79.9. The van der Waals surface area contributed by atoms with E-state index in [9.17, 15) is 4.79 Å². The lowest BCUT2D eigenvalue weighted by Gasteiger charge is -2.14. The van der Waals surface area contributed by atoms with Gasteiger partial charge in [-0.2, -0.15) is 0 Å². The van der Waals surface area contributed by atoms with Gasteiger partial charge in [0.25, 0.3) is 0 Å². The number of rotatable bonds is 3. The first-order chi connectivity index (χ1) is 6.97. The van der Waals surface area contributed by atoms with E-state index in [0.29, 0.717) is 16.3 Å². The van der Waals surface area contributed by atoms with Crippen molar-refractivity contribution in [1.29, 1.82) is 0 Å². The molecule has 0 aliphatic heterocycles. The van der Waals surface area contributed by atoms with E-state index < -0.39 is 11.9 Å². The summed E-state index contributed by atoms with van der Waals surface area (Å²) in [6.07, 6.45) is 0. The molecule has 5 heteroatoms. The number of aliphatic carboxylic acids is 1. The molecule has 0 aromatic heterocycles. The minimum absolute atomic E-state index is 0.398. The number of hydrogen-bond donors (Lipinski definition) is 1. The highest BCUT2D eigenvalue weighted by Crippen LogP contribution is 2.36. The van der Waals surface area contributed by atoms with Crippen LogP contribution >= 0.6 is 27.5 Å². The third kappa shape index (κ3) is 2.63. The smallest absolute Gasteiger partial charge is 0.310 e. The lowest BCUT2D eigenvalue weighted by atomic mass is 10.0. The van der Waals surface area contributed by atoms with Crippen molar-refractivity contribution < 1.29 is 14.6 Å². The van der Waals surface area contributed by atoms with Crippen LogP contribution in [0.3, 0.4) is 0 Å². The summed E-state index contributed by atoms with van der Waals surface area (Å²) in [5, 5.41) is 9.32. The summed E-state index contributed by atoms with van der Waals surface area (Å²) in [4.78, 5) is 10.9. The van der Waals surface area contributed by atoms with Gasteiger partial charge in [0.05, 0.1) is 18.1 Å². The molecule has 15 heavy (non-hydrogen) atoms. The van der Waals surface area contributed by atoms with Gasteiger partial charge in [0, 0.05) is 10.0 Å². The fourth-order valence-electron chi connectivity index (χ4n) is 1.25. The zero-order valence-corrected chi connectivity index (χ0v) is 10.6. The molecule has 3 nitrogen and oxygen atoms in total. The lowest BCUT2D eigenvalue weighted by Crippen LogP contribution is -2.09. The molecule has 0 saturated heterocycles. The van der Waals surface area contributed by atoms with Crippen molar-refractivity contribution in [1.82, 2.24) is 0 Å². The van der Waals surface area contributed by atoms with Crippen molar-refractivity contribution in [3.63, 3.8) is 0 Å². The van der Waals surface area contributed by atoms with Gasteiger partial charge >= 0.3 is 5.97 Å². The van der Waals surface area contributed by atoms with Crippen molar-refractivity contribution in [3.8, 4) is 5.75 Å². The molecule has 0 saturated carbocycles. The van der Waals surface area contributed by atoms with Crippen LogP contribution in [-0.4, -0.2) is 18.2 Å². The second-order valence-corrected chi connectivity index (χ2v) is 4.39. The molecule has 1 aromatic carbocycles. The van der Waals surface area contributed by atoms with E-state index in [-0.39, 0.29) is 0 Å². The maximum atomic E-state index is 10.9. The summed E-state index contributed by atoms with van der Waals surface area (Å²) in [5.74, 6) is -1.16. The average Bonchev–Trinajstić information content (AvgIpc) is 2.15. The van der Waals surface area contributed by atoms with Crippen LogP contribution in [0, 0.1) is 0 Å². The summed E-state index contributed by atoms with van der Waals surface area (Å²) in [5.41, 5.74) is 0.560. The van der Waals surface area contributed by atoms with Crippen LogP contribution in [-0.2, 0) is 4.79 Å². The molecule has 0 fully saturated rings. The van der Waals surface area contributed by atoms with Crippen molar-refractivity contribution in [2.24, 2.45) is 0 Å². The molecule has 1 unspecified atom stereocenters. The lowest BCUT2D eigenvalue weighted by molar-refractivity contribution is -0.138. The third-order valence-corrected chi connectivity index (χ3v) is 2.82. The van der Waals surface area contributed by atoms with Crippen molar-refractivity contribution >= 4 is 33.5 Å². The van der Waals surface area contributed by atoms with Crippen molar-refractivity contribution in [2.45, 2.75) is 12.8 Å². The van der Waals surface area contributed by atoms with Gasteiger partial charge in [-0.15, -0.1) is 0 Å². The van der Waals surface area contributed by atoms with Crippen LogP contribution in [0.4, 0.5) is 0 Å². The highest BCUT2D eigenvalue weighted by Gasteiger charge is 2.20. The van der Waals surface area contributed by atoms with Crippen molar-refractivity contribution in [2.75, 3.05) is 7.11 Å². The fraction of sp³-hybridized carbons (Fsp3) is 0.300. The predicted molar refractivity (Wildman–Crippen MR) is 61.8 cm³/mol. The Balaban J connectivity index is 3.32. The first-order valence-corrected chi connectivity index (χ1v) is 5.40. The molecule has 0 spiro atoms. The molecule has 0 amide bonds. The quantitative estimate of drug-likeness (QED) is 0.930. The first-order valence-electron chi connectivity index (χ1n) is 4.23. The Hall–Kier alpha value is -0.740. The summed E-state index contributed by atoms with van der Waals surface area (Å²) >= 11 is 9.20. The van der Waals surface area contributed by atoms with Crippen LogP contribution < -0.4 is 4.74 Å². The first kappa shape index (κ1) is 12.3. The highest BCUT2D eigenvalue weighted by molar-refractivity contribution is 9.10. The minimum atomic E-state index is -0.914. The Morgan fingerprint density at radius 2 is 2.20 bits per heavy atom. The van der Waals surface area contributed by atoms with E-state index in [1.807, 2.05) is 0 Å². The van der Waals surface area contributed by atoms with Crippen LogP contribution in [0.15, 0.2) is 16.6 Å². The fourth-order valence-corrected chi connectivity index (χ4v) is 2.16. The second-order valence-electron chi connectivity index (χ2n) is 3.07. The molecule has 0 aliphatic rings. The van der Waals surface area contributed by atoms with Crippen LogP contribution in [0.1, 0.15) is 18.4 Å². The van der Waals surface area contributed by atoms with E-state index in [4.69, 9.17) is 21.4 Å². The summed E-state index contributed by atoms with van der Waals surface area (Å²) in [6.45, 7) is 1.59. The zero-order chi connectivity index (χ0) is 11.6. The van der Waals surface area contributed by atoms with E-state index >= 15 is 0 Å². The summed E-state index contributed by atoms with van der Waals surface area (Å²) in [7, 11) is 1.47. The number of halogens is 2. The number of carboxylic acid groups (broad SMARTS) is 1. The number of methoxy groups -OCH3 is 1. The molecule has 1 rings (SSSR count). The topological polar surface area (TPSA) is 46.5 Å². The Bertz CT molecular complexity index is 392. The molecule has 1 aromatic rings. The normalized spacial score (nSPS) is 12.3. The second kappa shape index (κ2) is 4.86. The molecule has 0 aliphatic carbocycles. The molecule has 1 atom stereocenters. The summed E-state index contributed by atoms with van der Waals surface area (Å²) in [6, 6.07) is 3.36. The van der Waals surface area contributed by atoms with Gasteiger partial charge in [-0.1, -0.05) is 27.5 Å². The standard InChI is InChI=1S/C10H10BrClO3/c1-5(10(13)14)7-3-6(11)4-8(12)9(7)15-2/h3-5H,1-2H3,(H,13,14). The largest absolute Gasteiger partial charge is 0.495 e. The predicted octanol–water partition coefficient (Wildman–Crippen LogP) is 3.30. The molecular formula is C10H10BrClO3. The van der Waals surface area contributed by atoms with E-state index in [1.54, 1.807) is 19.1 Å².